The molecule has 0 bridgehead atoms. The smallest absolute Gasteiger partial charge is 0.311 e. The number of carboxylic acid groups (broad SMARTS) is 1. The number of rotatable bonds is 4. The van der Waals surface area contributed by atoms with Crippen LogP contribution in [0.15, 0.2) is 27.2 Å². The van der Waals surface area contributed by atoms with Crippen molar-refractivity contribution in [3.63, 3.8) is 0 Å². The van der Waals surface area contributed by atoms with Gasteiger partial charge < -0.3 is 18.8 Å². The third kappa shape index (κ3) is 2.88. The summed E-state index contributed by atoms with van der Waals surface area (Å²) in [5.41, 5.74) is 1.02. The number of furan rings is 2. The van der Waals surface area contributed by atoms with E-state index in [4.69, 9.17) is 13.9 Å². The van der Waals surface area contributed by atoms with Crippen LogP contribution >= 0.6 is 0 Å². The Labute approximate surface area is 133 Å². The third-order valence-electron chi connectivity index (χ3n) is 4.18. The van der Waals surface area contributed by atoms with Crippen molar-refractivity contribution < 1.29 is 23.5 Å². The lowest BCUT2D eigenvalue weighted by atomic mass is 10.1. The molecule has 3 rings (SSSR count). The highest BCUT2D eigenvalue weighted by Gasteiger charge is 2.35. The first kappa shape index (κ1) is 15.4. The normalized spacial score (nSPS) is 17.7. The maximum Gasteiger partial charge on any atom is 0.311 e. The van der Waals surface area contributed by atoms with Crippen LogP contribution in [0.1, 0.15) is 52.1 Å². The van der Waals surface area contributed by atoms with E-state index in [1.54, 1.807) is 11.8 Å². The molecule has 0 aliphatic carbocycles. The van der Waals surface area contributed by atoms with Crippen molar-refractivity contribution in [3.05, 3.63) is 46.8 Å². The van der Waals surface area contributed by atoms with Crippen molar-refractivity contribution in [1.29, 1.82) is 0 Å². The van der Waals surface area contributed by atoms with Crippen molar-refractivity contribution in [3.8, 4) is 0 Å². The fourth-order valence-electron chi connectivity index (χ4n) is 3.13. The van der Waals surface area contributed by atoms with Gasteiger partial charge in [-0.3, -0.25) is 9.59 Å². The molecule has 1 saturated heterocycles. The molecule has 0 saturated carbocycles. The third-order valence-corrected chi connectivity index (χ3v) is 4.18. The van der Waals surface area contributed by atoms with Crippen LogP contribution in [-0.4, -0.2) is 28.4 Å². The van der Waals surface area contributed by atoms with Crippen LogP contribution < -0.4 is 0 Å². The second-order valence-corrected chi connectivity index (χ2v) is 5.89. The zero-order valence-corrected chi connectivity index (χ0v) is 13.2. The van der Waals surface area contributed by atoms with Crippen molar-refractivity contribution >= 4 is 11.9 Å². The average molecular weight is 317 g/mol. The van der Waals surface area contributed by atoms with Crippen LogP contribution in [0.2, 0.25) is 0 Å². The molecule has 0 aromatic carbocycles. The molecule has 1 N–H and O–H groups in total. The number of carbonyl (C=O) groups excluding carboxylic acids is 1. The average Bonchev–Trinajstić information content (AvgIpc) is 3.18. The summed E-state index contributed by atoms with van der Waals surface area (Å²) in [6.07, 6.45) is 2.87. The van der Waals surface area contributed by atoms with Crippen LogP contribution in [0.25, 0.3) is 0 Å². The molecule has 1 atom stereocenters. The van der Waals surface area contributed by atoms with E-state index >= 15 is 0 Å². The van der Waals surface area contributed by atoms with E-state index in [1.165, 1.54) is 6.26 Å². The van der Waals surface area contributed by atoms with Gasteiger partial charge in [0.1, 0.15) is 23.7 Å². The van der Waals surface area contributed by atoms with Crippen molar-refractivity contribution in [1.82, 2.24) is 4.90 Å². The van der Waals surface area contributed by atoms with E-state index in [0.717, 1.165) is 24.4 Å². The van der Waals surface area contributed by atoms with E-state index in [-0.39, 0.29) is 24.1 Å². The molecule has 1 aliphatic rings. The predicted molar refractivity (Wildman–Crippen MR) is 81.2 cm³/mol. The molecule has 1 amide bonds. The van der Waals surface area contributed by atoms with Crippen LogP contribution in [-0.2, 0) is 11.2 Å². The summed E-state index contributed by atoms with van der Waals surface area (Å²) in [5, 5.41) is 8.98. The predicted octanol–water partition coefficient (Wildman–Crippen LogP) is 3.09. The molecule has 122 valence electrons. The monoisotopic (exact) mass is 317 g/mol. The molecule has 2 aromatic heterocycles. The minimum atomic E-state index is -1.02. The van der Waals surface area contributed by atoms with Gasteiger partial charge in [0, 0.05) is 12.1 Å². The lowest BCUT2D eigenvalue weighted by molar-refractivity contribution is -0.136. The highest BCUT2D eigenvalue weighted by molar-refractivity contribution is 5.97. The maximum absolute atomic E-state index is 13.0. The van der Waals surface area contributed by atoms with Crippen molar-refractivity contribution in [2.75, 3.05) is 6.54 Å². The fraction of sp³-hybridized carbons (Fsp3) is 0.412. The molecule has 0 spiro atoms. The molecule has 1 fully saturated rings. The topological polar surface area (TPSA) is 83.9 Å². The van der Waals surface area contributed by atoms with Crippen LogP contribution in [0.3, 0.4) is 0 Å². The number of hydrogen-bond acceptors (Lipinski definition) is 4. The molecule has 1 aliphatic heterocycles. The highest BCUT2D eigenvalue weighted by Crippen LogP contribution is 2.35. The number of carbonyl (C=O) groups is 2. The Bertz CT molecular complexity index is 742. The quantitative estimate of drug-likeness (QED) is 0.936. The number of nitrogens with zero attached hydrogens (tertiary/aromatic N) is 1. The summed E-state index contributed by atoms with van der Waals surface area (Å²) >= 11 is 0. The van der Waals surface area contributed by atoms with Crippen LogP contribution in [0.5, 0.6) is 0 Å². The Morgan fingerprint density at radius 1 is 1.35 bits per heavy atom. The highest BCUT2D eigenvalue weighted by atomic mass is 16.4. The minimum Gasteiger partial charge on any atom is -0.481 e. The van der Waals surface area contributed by atoms with Crippen molar-refractivity contribution in [2.24, 2.45) is 0 Å². The van der Waals surface area contributed by atoms with Gasteiger partial charge in [0.25, 0.3) is 5.91 Å². The number of amides is 1. The SMILES string of the molecule is Cc1ccc(C2CCCN2C(=O)c2c(C)coc2CC(=O)O)o1. The lowest BCUT2D eigenvalue weighted by Crippen LogP contribution is -2.31. The maximum atomic E-state index is 13.0. The molecule has 2 aromatic rings. The van der Waals surface area contributed by atoms with E-state index in [2.05, 4.69) is 0 Å². The molecule has 3 heterocycles. The van der Waals surface area contributed by atoms with Crippen LogP contribution in [0.4, 0.5) is 0 Å². The summed E-state index contributed by atoms with van der Waals surface area (Å²) in [5.74, 6) is 0.581. The summed E-state index contributed by atoms with van der Waals surface area (Å²) < 4.78 is 11.0. The van der Waals surface area contributed by atoms with Gasteiger partial charge in [-0.2, -0.15) is 0 Å². The van der Waals surface area contributed by atoms with Gasteiger partial charge in [0.15, 0.2) is 0 Å². The summed E-state index contributed by atoms with van der Waals surface area (Å²) in [7, 11) is 0. The minimum absolute atomic E-state index is 0.108. The molecular weight excluding hydrogens is 298 g/mol. The first-order chi connectivity index (χ1) is 11.0. The number of likely N-dealkylation sites (tertiary alicyclic amines) is 1. The molecular formula is C17H19NO5. The lowest BCUT2D eigenvalue weighted by Gasteiger charge is -2.23. The van der Waals surface area contributed by atoms with E-state index < -0.39 is 5.97 Å². The fourth-order valence-corrected chi connectivity index (χ4v) is 3.13. The van der Waals surface area contributed by atoms with Gasteiger partial charge in [0.05, 0.1) is 17.9 Å². The van der Waals surface area contributed by atoms with Gasteiger partial charge in [0.2, 0.25) is 0 Å². The van der Waals surface area contributed by atoms with Crippen LogP contribution in [0, 0.1) is 13.8 Å². The summed E-state index contributed by atoms with van der Waals surface area (Å²) in [4.78, 5) is 25.7. The van der Waals surface area contributed by atoms with Gasteiger partial charge in [-0.15, -0.1) is 0 Å². The van der Waals surface area contributed by atoms with E-state index in [9.17, 15) is 9.59 Å². The van der Waals surface area contributed by atoms with Gasteiger partial charge in [-0.25, -0.2) is 0 Å². The zero-order chi connectivity index (χ0) is 16.6. The van der Waals surface area contributed by atoms with Crippen molar-refractivity contribution in [2.45, 2.75) is 39.2 Å². The Kier molecular flexibility index (Phi) is 3.98. The zero-order valence-electron chi connectivity index (χ0n) is 13.2. The Balaban J connectivity index is 1.90. The Morgan fingerprint density at radius 3 is 2.78 bits per heavy atom. The largest absolute Gasteiger partial charge is 0.481 e. The second kappa shape index (κ2) is 5.95. The number of aryl methyl sites for hydroxylation is 2. The molecule has 6 heteroatoms. The molecule has 1 unspecified atom stereocenters. The van der Waals surface area contributed by atoms with E-state index in [0.29, 0.717) is 17.7 Å². The summed E-state index contributed by atoms with van der Waals surface area (Å²) in [6, 6.07) is 3.67. The Morgan fingerprint density at radius 2 is 2.13 bits per heavy atom. The number of hydrogen-bond donors (Lipinski definition) is 1. The van der Waals surface area contributed by atoms with Gasteiger partial charge in [-0.05, 0) is 38.8 Å². The Hall–Kier alpha value is -2.50. The molecule has 6 nitrogen and oxygen atoms in total. The summed E-state index contributed by atoms with van der Waals surface area (Å²) in [6.45, 7) is 4.25. The van der Waals surface area contributed by atoms with E-state index in [1.807, 2.05) is 19.1 Å². The molecule has 23 heavy (non-hydrogen) atoms. The number of aliphatic carboxylic acids is 1. The van der Waals surface area contributed by atoms with Gasteiger partial charge >= 0.3 is 5.97 Å². The number of carboxylic acids is 1. The second-order valence-electron chi connectivity index (χ2n) is 5.89. The molecule has 0 radical (unpaired) electrons. The first-order valence-electron chi connectivity index (χ1n) is 7.63. The first-order valence-corrected chi connectivity index (χ1v) is 7.63. The standard InChI is InChI=1S/C17H19NO5/c1-10-9-22-14(8-15(19)20)16(10)17(21)18-7-3-4-12(18)13-6-5-11(2)23-13/h5-6,9,12H,3-4,7-8H2,1-2H3,(H,19,20). The van der Waals surface area contributed by atoms with Gasteiger partial charge in [-0.1, -0.05) is 0 Å².